The summed E-state index contributed by atoms with van der Waals surface area (Å²) < 4.78 is 5.53. The summed E-state index contributed by atoms with van der Waals surface area (Å²) in [4.78, 5) is 1.14. The second-order valence-electron chi connectivity index (χ2n) is 3.49. The maximum Gasteiger partial charge on any atom is 0.138 e. The van der Waals surface area contributed by atoms with E-state index >= 15 is 0 Å². The van der Waals surface area contributed by atoms with Gasteiger partial charge in [-0.05, 0) is 30.5 Å². The van der Waals surface area contributed by atoms with Crippen molar-refractivity contribution >= 4 is 11.3 Å². The van der Waals surface area contributed by atoms with Crippen LogP contribution in [0.1, 0.15) is 35.0 Å². The van der Waals surface area contributed by atoms with E-state index in [4.69, 9.17) is 4.42 Å². The van der Waals surface area contributed by atoms with E-state index in [-0.39, 0.29) is 0 Å². The highest BCUT2D eigenvalue weighted by molar-refractivity contribution is 7.10. The minimum absolute atomic E-state index is 0.628. The quantitative estimate of drug-likeness (QED) is 0.864. The van der Waals surface area contributed by atoms with Gasteiger partial charge in [-0.3, -0.25) is 0 Å². The van der Waals surface area contributed by atoms with Gasteiger partial charge in [0.15, 0.2) is 0 Å². The third-order valence-corrected chi connectivity index (χ3v) is 3.36. The van der Waals surface area contributed by atoms with Crippen LogP contribution in [-0.4, -0.2) is 5.11 Å². The van der Waals surface area contributed by atoms with E-state index in [1.165, 1.54) is 0 Å². The molecule has 2 nitrogen and oxygen atoms in total. The molecule has 0 radical (unpaired) electrons. The van der Waals surface area contributed by atoms with E-state index in [0.29, 0.717) is 5.76 Å². The van der Waals surface area contributed by atoms with Crippen molar-refractivity contribution in [2.75, 3.05) is 0 Å². The van der Waals surface area contributed by atoms with Gasteiger partial charge >= 0.3 is 0 Å². The number of hydrogen-bond acceptors (Lipinski definition) is 3. The molecule has 0 aliphatic carbocycles. The Morgan fingerprint density at radius 2 is 2.20 bits per heavy atom. The predicted octanol–water partition coefficient (Wildman–Crippen LogP) is 3.29. The standard InChI is InChI=1S/C12H14O2S/c1-3-9-4-5-11(14-9)12(13)10-6-7-15-8(10)2/h4-7,12-13H,3H2,1-2H3. The third-order valence-electron chi connectivity index (χ3n) is 2.49. The number of furan rings is 1. The molecular weight excluding hydrogens is 208 g/mol. The van der Waals surface area contributed by atoms with Gasteiger partial charge in [0.05, 0.1) is 0 Å². The molecule has 0 fully saturated rings. The predicted molar refractivity (Wildman–Crippen MR) is 61.2 cm³/mol. The van der Waals surface area contributed by atoms with Gasteiger partial charge in [-0.1, -0.05) is 6.92 Å². The Bertz CT molecular complexity index is 442. The van der Waals surface area contributed by atoms with Crippen LogP contribution in [0.2, 0.25) is 0 Å². The summed E-state index contributed by atoms with van der Waals surface area (Å²) in [5.41, 5.74) is 0.942. The number of rotatable bonds is 3. The van der Waals surface area contributed by atoms with Crippen LogP contribution in [0.5, 0.6) is 0 Å². The third kappa shape index (κ3) is 1.98. The van der Waals surface area contributed by atoms with E-state index < -0.39 is 6.10 Å². The number of hydrogen-bond donors (Lipinski definition) is 1. The van der Waals surface area contributed by atoms with Crippen molar-refractivity contribution in [3.05, 3.63) is 45.5 Å². The lowest BCUT2D eigenvalue weighted by atomic mass is 10.1. The van der Waals surface area contributed by atoms with Crippen molar-refractivity contribution in [1.29, 1.82) is 0 Å². The highest BCUT2D eigenvalue weighted by Gasteiger charge is 2.16. The fraction of sp³-hybridized carbons (Fsp3) is 0.333. The van der Waals surface area contributed by atoms with Crippen LogP contribution < -0.4 is 0 Å². The zero-order valence-electron chi connectivity index (χ0n) is 8.86. The molecule has 1 atom stereocenters. The molecule has 2 aromatic rings. The van der Waals surface area contributed by atoms with E-state index in [1.54, 1.807) is 11.3 Å². The van der Waals surface area contributed by atoms with Crippen LogP contribution in [0.25, 0.3) is 0 Å². The SMILES string of the molecule is CCc1ccc(C(O)c2ccsc2C)o1. The average molecular weight is 222 g/mol. The first-order chi connectivity index (χ1) is 7.22. The molecule has 2 heterocycles. The summed E-state index contributed by atoms with van der Waals surface area (Å²) >= 11 is 1.64. The largest absolute Gasteiger partial charge is 0.463 e. The molecule has 0 bridgehead atoms. The number of aryl methyl sites for hydroxylation is 2. The van der Waals surface area contributed by atoms with Crippen LogP contribution in [0.15, 0.2) is 28.0 Å². The molecule has 1 unspecified atom stereocenters. The van der Waals surface area contributed by atoms with Gasteiger partial charge in [-0.2, -0.15) is 0 Å². The van der Waals surface area contributed by atoms with Crippen LogP contribution in [0.4, 0.5) is 0 Å². The Morgan fingerprint density at radius 3 is 2.73 bits per heavy atom. The molecule has 2 aromatic heterocycles. The first-order valence-electron chi connectivity index (χ1n) is 5.03. The molecule has 2 rings (SSSR count). The van der Waals surface area contributed by atoms with Gasteiger partial charge < -0.3 is 9.52 Å². The lowest BCUT2D eigenvalue weighted by Gasteiger charge is -2.06. The van der Waals surface area contributed by atoms with Crippen molar-refractivity contribution in [3.8, 4) is 0 Å². The molecule has 15 heavy (non-hydrogen) atoms. The normalized spacial score (nSPS) is 13.0. The molecule has 0 aromatic carbocycles. The summed E-state index contributed by atoms with van der Waals surface area (Å²) in [6, 6.07) is 5.71. The number of thiophene rings is 1. The van der Waals surface area contributed by atoms with Gasteiger partial charge in [-0.25, -0.2) is 0 Å². The first-order valence-corrected chi connectivity index (χ1v) is 5.91. The minimum Gasteiger partial charge on any atom is -0.463 e. The molecule has 0 aliphatic rings. The molecule has 1 N–H and O–H groups in total. The van der Waals surface area contributed by atoms with Crippen LogP contribution in [0, 0.1) is 6.92 Å². The van der Waals surface area contributed by atoms with Crippen LogP contribution in [0.3, 0.4) is 0 Å². The van der Waals surface area contributed by atoms with Crippen molar-refractivity contribution in [1.82, 2.24) is 0 Å². The first kappa shape index (κ1) is 10.5. The fourth-order valence-electron chi connectivity index (χ4n) is 1.56. The zero-order chi connectivity index (χ0) is 10.8. The summed E-state index contributed by atoms with van der Waals surface area (Å²) in [7, 11) is 0. The highest BCUT2D eigenvalue weighted by Crippen LogP contribution is 2.29. The molecular formula is C12H14O2S. The van der Waals surface area contributed by atoms with Crippen LogP contribution >= 0.6 is 11.3 Å². The van der Waals surface area contributed by atoms with Gasteiger partial charge in [0.2, 0.25) is 0 Å². The van der Waals surface area contributed by atoms with Crippen molar-refractivity contribution in [3.63, 3.8) is 0 Å². The summed E-state index contributed by atoms with van der Waals surface area (Å²) in [6.45, 7) is 4.04. The van der Waals surface area contributed by atoms with Gasteiger partial charge in [0, 0.05) is 16.9 Å². The zero-order valence-corrected chi connectivity index (χ0v) is 9.67. The Balaban J connectivity index is 2.28. The lowest BCUT2D eigenvalue weighted by Crippen LogP contribution is -1.97. The van der Waals surface area contributed by atoms with Gasteiger partial charge in [-0.15, -0.1) is 11.3 Å². The van der Waals surface area contributed by atoms with Crippen molar-refractivity contribution in [2.45, 2.75) is 26.4 Å². The monoisotopic (exact) mass is 222 g/mol. The lowest BCUT2D eigenvalue weighted by molar-refractivity contribution is 0.187. The average Bonchev–Trinajstić information content (AvgIpc) is 2.84. The Morgan fingerprint density at radius 1 is 1.40 bits per heavy atom. The van der Waals surface area contributed by atoms with Crippen molar-refractivity contribution < 1.29 is 9.52 Å². The topological polar surface area (TPSA) is 33.4 Å². The van der Waals surface area contributed by atoms with Gasteiger partial charge in [0.1, 0.15) is 17.6 Å². The molecule has 80 valence electrons. The second-order valence-corrected chi connectivity index (χ2v) is 4.61. The number of aliphatic hydroxyl groups is 1. The highest BCUT2D eigenvalue weighted by atomic mass is 32.1. The molecule has 0 saturated carbocycles. The maximum atomic E-state index is 10.1. The number of aliphatic hydroxyl groups excluding tert-OH is 1. The maximum absolute atomic E-state index is 10.1. The van der Waals surface area contributed by atoms with E-state index in [9.17, 15) is 5.11 Å². The van der Waals surface area contributed by atoms with E-state index in [0.717, 1.165) is 22.6 Å². The second kappa shape index (κ2) is 4.21. The minimum atomic E-state index is -0.628. The van der Waals surface area contributed by atoms with Crippen molar-refractivity contribution in [2.24, 2.45) is 0 Å². The summed E-state index contributed by atoms with van der Waals surface area (Å²) in [6.07, 6.45) is 0.228. The summed E-state index contributed by atoms with van der Waals surface area (Å²) in [5.74, 6) is 1.55. The fourth-order valence-corrected chi connectivity index (χ4v) is 2.30. The smallest absolute Gasteiger partial charge is 0.138 e. The van der Waals surface area contributed by atoms with Crippen LogP contribution in [-0.2, 0) is 6.42 Å². The molecule has 0 amide bonds. The Labute approximate surface area is 93.2 Å². The summed E-state index contributed by atoms with van der Waals surface area (Å²) in [5, 5.41) is 12.1. The molecule has 0 spiro atoms. The van der Waals surface area contributed by atoms with E-state index in [1.807, 2.05) is 37.4 Å². The molecule has 0 saturated heterocycles. The Kier molecular flexibility index (Phi) is 2.93. The molecule has 3 heteroatoms. The van der Waals surface area contributed by atoms with E-state index in [2.05, 4.69) is 0 Å². The Hall–Kier alpha value is -1.06. The molecule has 0 aliphatic heterocycles. The van der Waals surface area contributed by atoms with Gasteiger partial charge in [0.25, 0.3) is 0 Å².